The van der Waals surface area contributed by atoms with Crippen LogP contribution in [0.2, 0.25) is 0 Å². The van der Waals surface area contributed by atoms with E-state index in [1.165, 1.54) is 6.92 Å². The molecule has 4 nitrogen and oxygen atoms in total. The zero-order valence-electron chi connectivity index (χ0n) is 7.12. The lowest BCUT2D eigenvalue weighted by molar-refractivity contribution is -0.135. The fourth-order valence-corrected chi connectivity index (χ4v) is 1.57. The number of carbonyl (C=O) groups excluding carboxylic acids is 1. The molecule has 0 amide bonds. The van der Waals surface area contributed by atoms with Crippen molar-refractivity contribution >= 4 is 15.5 Å². The van der Waals surface area contributed by atoms with Crippen LogP contribution in [0, 0.1) is 0 Å². The van der Waals surface area contributed by atoms with Gasteiger partial charge in [-0.3, -0.25) is 4.79 Å². The first kappa shape index (κ1) is 10.6. The maximum absolute atomic E-state index is 10.5. The molecule has 0 aliphatic heterocycles. The minimum absolute atomic E-state index is 0.344. The Morgan fingerprint density at radius 2 is 1.73 bits per heavy atom. The van der Waals surface area contributed by atoms with Crippen LogP contribution in [0.25, 0.3) is 0 Å². The van der Waals surface area contributed by atoms with Gasteiger partial charge in [0.15, 0.2) is 0 Å². The molecular weight excluding hydrogens is 164 g/mol. The Bertz CT molecular complexity index is 111. The monoisotopic (exact) mass is 178 g/mol. The lowest BCUT2D eigenvalue weighted by Crippen LogP contribution is -2.29. The summed E-state index contributed by atoms with van der Waals surface area (Å²) in [6.45, 7) is 6.05. The van der Waals surface area contributed by atoms with Crippen molar-refractivity contribution in [3.8, 4) is 0 Å². The van der Waals surface area contributed by atoms with Crippen LogP contribution in [-0.2, 0) is 18.1 Å². The number of rotatable bonds is 5. The molecule has 0 fully saturated rings. The van der Waals surface area contributed by atoms with Crippen molar-refractivity contribution in [2.45, 2.75) is 20.8 Å². The summed E-state index contributed by atoms with van der Waals surface area (Å²) in [5.74, 6) is -0.344. The van der Waals surface area contributed by atoms with Gasteiger partial charge in [0.2, 0.25) is 0 Å². The van der Waals surface area contributed by atoms with Crippen LogP contribution in [0.1, 0.15) is 20.8 Å². The third-order valence-electron chi connectivity index (χ3n) is 0.868. The highest BCUT2D eigenvalue weighted by Gasteiger charge is 2.16. The van der Waals surface area contributed by atoms with E-state index >= 15 is 0 Å². The van der Waals surface area contributed by atoms with E-state index in [2.05, 4.69) is 0 Å². The summed E-state index contributed by atoms with van der Waals surface area (Å²) in [6.07, 6.45) is 0. The molecule has 0 aliphatic carbocycles. The predicted molar refractivity (Wildman–Crippen MR) is 42.2 cm³/mol. The molecule has 0 spiro atoms. The van der Waals surface area contributed by atoms with E-state index in [4.69, 9.17) is 13.3 Å². The average molecular weight is 178 g/mol. The lowest BCUT2D eigenvalue weighted by Gasteiger charge is -2.12. The van der Waals surface area contributed by atoms with Crippen molar-refractivity contribution in [2.24, 2.45) is 0 Å². The summed E-state index contributed by atoms with van der Waals surface area (Å²) in [4.78, 5) is 10.5. The first-order valence-corrected chi connectivity index (χ1v) is 5.02. The largest absolute Gasteiger partial charge is 0.551 e. The summed E-state index contributed by atoms with van der Waals surface area (Å²) < 4.78 is 14.9. The molecule has 0 aromatic carbocycles. The molecule has 0 atom stereocenters. The summed E-state index contributed by atoms with van der Waals surface area (Å²) in [5.41, 5.74) is 0. The Morgan fingerprint density at radius 1 is 1.27 bits per heavy atom. The van der Waals surface area contributed by atoms with E-state index in [1.54, 1.807) is 0 Å². The van der Waals surface area contributed by atoms with Gasteiger partial charge in [-0.2, -0.15) is 0 Å². The van der Waals surface area contributed by atoms with Crippen LogP contribution in [0.5, 0.6) is 0 Å². The highest BCUT2D eigenvalue weighted by Crippen LogP contribution is 1.92. The minimum atomic E-state index is -2.14. The molecule has 0 saturated heterocycles. The van der Waals surface area contributed by atoms with Gasteiger partial charge >= 0.3 is 9.53 Å². The number of hydrogen-bond donors (Lipinski definition) is 0. The smallest absolute Gasteiger partial charge is 0.476 e. The van der Waals surface area contributed by atoms with Gasteiger partial charge in [0, 0.05) is 20.1 Å². The molecule has 0 bridgehead atoms. The van der Waals surface area contributed by atoms with Gasteiger partial charge in [-0.05, 0) is 13.8 Å². The van der Waals surface area contributed by atoms with Crippen molar-refractivity contribution in [1.29, 1.82) is 0 Å². The van der Waals surface area contributed by atoms with E-state index in [0.717, 1.165) is 0 Å². The zero-order chi connectivity index (χ0) is 8.69. The van der Waals surface area contributed by atoms with E-state index in [1.807, 2.05) is 13.8 Å². The van der Waals surface area contributed by atoms with Crippen molar-refractivity contribution < 1.29 is 18.1 Å². The second kappa shape index (κ2) is 6.33. The molecule has 0 rings (SSSR count). The summed E-state index contributed by atoms with van der Waals surface area (Å²) in [6, 6.07) is 0. The standard InChI is InChI=1S/C6H14O4Si/c1-4-8-11(9-5-2)10-6(3)7/h11H,4-5H2,1-3H3. The molecule has 66 valence electrons. The molecule has 0 N–H and O–H groups in total. The maximum Gasteiger partial charge on any atom is 0.551 e. The number of carbonyl (C=O) groups is 1. The summed E-state index contributed by atoms with van der Waals surface area (Å²) in [5, 5.41) is 0. The van der Waals surface area contributed by atoms with Crippen LogP contribution in [0.15, 0.2) is 0 Å². The van der Waals surface area contributed by atoms with Crippen molar-refractivity contribution in [3.05, 3.63) is 0 Å². The Labute approximate surface area is 68.4 Å². The number of hydrogen-bond acceptors (Lipinski definition) is 4. The minimum Gasteiger partial charge on any atom is -0.476 e. The summed E-state index contributed by atoms with van der Waals surface area (Å²) in [7, 11) is -2.14. The van der Waals surface area contributed by atoms with Gasteiger partial charge < -0.3 is 13.3 Å². The van der Waals surface area contributed by atoms with E-state index in [0.29, 0.717) is 13.2 Å². The van der Waals surface area contributed by atoms with Crippen LogP contribution in [0.3, 0.4) is 0 Å². The van der Waals surface area contributed by atoms with Gasteiger partial charge in [-0.25, -0.2) is 0 Å². The normalized spacial score (nSPS) is 10.2. The molecule has 0 heterocycles. The molecule has 0 aromatic rings. The molecule has 0 saturated carbocycles. The van der Waals surface area contributed by atoms with Crippen LogP contribution in [0.4, 0.5) is 0 Å². The first-order valence-electron chi connectivity index (χ1n) is 3.61. The second-order valence-corrected chi connectivity index (χ2v) is 3.29. The van der Waals surface area contributed by atoms with Gasteiger partial charge in [-0.1, -0.05) is 0 Å². The van der Waals surface area contributed by atoms with E-state index in [-0.39, 0.29) is 5.97 Å². The molecule has 0 aromatic heterocycles. The Kier molecular flexibility index (Phi) is 6.10. The predicted octanol–water partition coefficient (Wildman–Crippen LogP) is 0.340. The maximum atomic E-state index is 10.5. The molecule has 0 radical (unpaired) electrons. The molecule has 5 heteroatoms. The van der Waals surface area contributed by atoms with Gasteiger partial charge in [0.05, 0.1) is 0 Å². The SMILES string of the molecule is CCO[SiH](OCC)OC(C)=O. The van der Waals surface area contributed by atoms with Crippen LogP contribution < -0.4 is 0 Å². The quantitative estimate of drug-likeness (QED) is 0.569. The fourth-order valence-electron chi connectivity index (χ4n) is 0.524. The third kappa shape index (κ3) is 6.02. The highest BCUT2D eigenvalue weighted by atomic mass is 28.3. The summed E-state index contributed by atoms with van der Waals surface area (Å²) >= 11 is 0. The topological polar surface area (TPSA) is 44.8 Å². The Hall–Kier alpha value is -0.393. The second-order valence-electron chi connectivity index (χ2n) is 1.81. The van der Waals surface area contributed by atoms with Crippen molar-refractivity contribution in [1.82, 2.24) is 0 Å². The fraction of sp³-hybridized carbons (Fsp3) is 0.833. The molecule has 0 unspecified atom stereocenters. The van der Waals surface area contributed by atoms with Crippen molar-refractivity contribution in [3.63, 3.8) is 0 Å². The lowest BCUT2D eigenvalue weighted by atomic mass is 10.9. The molecule has 0 aliphatic rings. The zero-order valence-corrected chi connectivity index (χ0v) is 8.28. The average Bonchev–Trinajstić information content (AvgIpc) is 1.87. The Balaban J connectivity index is 3.59. The molecule has 11 heavy (non-hydrogen) atoms. The van der Waals surface area contributed by atoms with Crippen LogP contribution in [-0.4, -0.2) is 28.7 Å². The van der Waals surface area contributed by atoms with E-state index < -0.39 is 9.53 Å². The highest BCUT2D eigenvalue weighted by molar-refractivity contribution is 6.39. The van der Waals surface area contributed by atoms with Gasteiger partial charge in [0.1, 0.15) is 0 Å². The van der Waals surface area contributed by atoms with Crippen LogP contribution >= 0.6 is 0 Å². The van der Waals surface area contributed by atoms with Gasteiger partial charge in [-0.15, -0.1) is 0 Å². The molecular formula is C6H14O4Si. The Morgan fingerprint density at radius 3 is 2.00 bits per heavy atom. The van der Waals surface area contributed by atoms with Crippen molar-refractivity contribution in [2.75, 3.05) is 13.2 Å². The van der Waals surface area contributed by atoms with E-state index in [9.17, 15) is 4.79 Å². The third-order valence-corrected chi connectivity index (χ3v) is 2.60. The van der Waals surface area contributed by atoms with Gasteiger partial charge in [0.25, 0.3) is 5.97 Å². The first-order chi connectivity index (χ1) is 5.20.